The first-order valence-corrected chi connectivity index (χ1v) is 9.59. The van der Waals surface area contributed by atoms with Gasteiger partial charge < -0.3 is 19.9 Å². The molecular formula is C20H29N3O3. The van der Waals surface area contributed by atoms with Gasteiger partial charge >= 0.3 is 6.03 Å². The first kappa shape index (κ1) is 18.7. The number of piperazine rings is 1. The van der Waals surface area contributed by atoms with E-state index in [2.05, 4.69) is 29.6 Å². The zero-order chi connectivity index (χ0) is 18.4. The summed E-state index contributed by atoms with van der Waals surface area (Å²) < 4.78 is 5.67. The molecule has 1 atom stereocenters. The SMILES string of the molecule is Cc1ccc(CN2CCN(C(=O)NCC[C@H]3CCCCO3)CC2=O)cc1. The second kappa shape index (κ2) is 9.03. The van der Waals surface area contributed by atoms with Crippen LogP contribution in [0.3, 0.4) is 0 Å². The van der Waals surface area contributed by atoms with E-state index in [0.717, 1.165) is 31.4 Å². The van der Waals surface area contributed by atoms with Gasteiger partial charge in [0.1, 0.15) is 6.54 Å². The number of carbonyl (C=O) groups excluding carboxylic acids is 2. The molecule has 2 aliphatic heterocycles. The van der Waals surface area contributed by atoms with Crippen LogP contribution in [0.25, 0.3) is 0 Å². The molecule has 0 saturated carbocycles. The van der Waals surface area contributed by atoms with Gasteiger partial charge in [0, 0.05) is 32.8 Å². The van der Waals surface area contributed by atoms with Crippen LogP contribution < -0.4 is 5.32 Å². The molecule has 142 valence electrons. The second-order valence-corrected chi connectivity index (χ2v) is 7.23. The molecule has 2 saturated heterocycles. The number of hydrogen-bond acceptors (Lipinski definition) is 3. The van der Waals surface area contributed by atoms with E-state index in [1.807, 2.05) is 11.8 Å². The second-order valence-electron chi connectivity index (χ2n) is 7.23. The number of amides is 3. The van der Waals surface area contributed by atoms with Crippen LogP contribution in [0.4, 0.5) is 4.79 Å². The number of ether oxygens (including phenoxy) is 1. The topological polar surface area (TPSA) is 61.9 Å². The summed E-state index contributed by atoms with van der Waals surface area (Å²) in [5, 5.41) is 2.93. The summed E-state index contributed by atoms with van der Waals surface area (Å²) >= 11 is 0. The molecule has 2 heterocycles. The maximum absolute atomic E-state index is 12.4. The van der Waals surface area contributed by atoms with E-state index in [4.69, 9.17) is 4.74 Å². The Kier molecular flexibility index (Phi) is 6.50. The average molecular weight is 359 g/mol. The monoisotopic (exact) mass is 359 g/mol. The van der Waals surface area contributed by atoms with E-state index in [-0.39, 0.29) is 24.6 Å². The Hall–Kier alpha value is -2.08. The van der Waals surface area contributed by atoms with Gasteiger partial charge in [-0.05, 0) is 38.2 Å². The van der Waals surface area contributed by atoms with Crippen molar-refractivity contribution in [2.75, 3.05) is 32.8 Å². The van der Waals surface area contributed by atoms with Gasteiger partial charge in [0.2, 0.25) is 5.91 Å². The summed E-state index contributed by atoms with van der Waals surface area (Å²) in [6, 6.07) is 8.06. The fraction of sp³-hybridized carbons (Fsp3) is 0.600. The highest BCUT2D eigenvalue weighted by atomic mass is 16.5. The number of hydrogen-bond donors (Lipinski definition) is 1. The molecule has 1 N–H and O–H groups in total. The molecule has 6 nitrogen and oxygen atoms in total. The van der Waals surface area contributed by atoms with Crippen LogP contribution in [0, 0.1) is 6.92 Å². The third-order valence-corrected chi connectivity index (χ3v) is 5.12. The summed E-state index contributed by atoms with van der Waals surface area (Å²) in [5.74, 6) is 0.00240. The Morgan fingerprint density at radius 2 is 2.04 bits per heavy atom. The number of aryl methyl sites for hydroxylation is 1. The molecule has 0 radical (unpaired) electrons. The number of rotatable bonds is 5. The number of carbonyl (C=O) groups is 2. The molecule has 26 heavy (non-hydrogen) atoms. The zero-order valence-corrected chi connectivity index (χ0v) is 15.6. The van der Waals surface area contributed by atoms with Crippen molar-refractivity contribution in [3.8, 4) is 0 Å². The van der Waals surface area contributed by atoms with Crippen LogP contribution in [0.1, 0.15) is 36.8 Å². The van der Waals surface area contributed by atoms with Crippen molar-refractivity contribution in [3.63, 3.8) is 0 Å². The van der Waals surface area contributed by atoms with Crippen LogP contribution in [0.2, 0.25) is 0 Å². The largest absolute Gasteiger partial charge is 0.378 e. The summed E-state index contributed by atoms with van der Waals surface area (Å²) in [5.41, 5.74) is 2.33. The molecule has 3 rings (SSSR count). The normalized spacial score (nSPS) is 21.0. The van der Waals surface area contributed by atoms with Crippen molar-refractivity contribution in [1.29, 1.82) is 0 Å². The van der Waals surface area contributed by atoms with E-state index >= 15 is 0 Å². The lowest BCUT2D eigenvalue weighted by molar-refractivity contribution is -0.135. The van der Waals surface area contributed by atoms with Crippen molar-refractivity contribution in [2.45, 2.75) is 45.3 Å². The number of benzene rings is 1. The van der Waals surface area contributed by atoms with Crippen LogP contribution in [0.15, 0.2) is 24.3 Å². The van der Waals surface area contributed by atoms with E-state index in [1.165, 1.54) is 12.0 Å². The minimum Gasteiger partial charge on any atom is -0.378 e. The van der Waals surface area contributed by atoms with Crippen molar-refractivity contribution in [3.05, 3.63) is 35.4 Å². The van der Waals surface area contributed by atoms with Crippen LogP contribution in [0.5, 0.6) is 0 Å². The van der Waals surface area contributed by atoms with Gasteiger partial charge in [0.05, 0.1) is 6.10 Å². The van der Waals surface area contributed by atoms with Crippen molar-refractivity contribution in [2.24, 2.45) is 0 Å². The fourth-order valence-corrected chi connectivity index (χ4v) is 3.45. The van der Waals surface area contributed by atoms with Crippen LogP contribution >= 0.6 is 0 Å². The van der Waals surface area contributed by atoms with Crippen molar-refractivity contribution in [1.82, 2.24) is 15.1 Å². The first-order valence-electron chi connectivity index (χ1n) is 9.59. The first-order chi connectivity index (χ1) is 12.6. The highest BCUT2D eigenvalue weighted by molar-refractivity contribution is 5.85. The fourth-order valence-electron chi connectivity index (χ4n) is 3.45. The molecule has 0 unspecified atom stereocenters. The van der Waals surface area contributed by atoms with Gasteiger partial charge in [-0.2, -0.15) is 0 Å². The maximum atomic E-state index is 12.4. The van der Waals surface area contributed by atoms with Gasteiger partial charge in [-0.15, -0.1) is 0 Å². The molecule has 0 aromatic heterocycles. The van der Waals surface area contributed by atoms with Gasteiger partial charge in [0.15, 0.2) is 0 Å². The standard InChI is InChI=1S/C20H29N3O3/c1-16-5-7-17(8-6-16)14-22-11-12-23(15-19(22)24)20(25)21-10-9-18-4-2-3-13-26-18/h5-8,18H,2-4,9-15H2,1H3,(H,21,25)/t18-/m1/s1. The Morgan fingerprint density at radius 1 is 1.23 bits per heavy atom. The zero-order valence-electron chi connectivity index (χ0n) is 15.6. The Balaban J connectivity index is 1.40. The predicted molar refractivity (Wildman–Crippen MR) is 99.8 cm³/mol. The molecule has 0 aliphatic carbocycles. The third kappa shape index (κ3) is 5.21. The van der Waals surface area contributed by atoms with Crippen molar-refractivity contribution >= 4 is 11.9 Å². The lowest BCUT2D eigenvalue weighted by Gasteiger charge is -2.34. The molecule has 2 aliphatic rings. The van der Waals surface area contributed by atoms with E-state index in [9.17, 15) is 9.59 Å². The molecule has 3 amide bonds. The van der Waals surface area contributed by atoms with Crippen LogP contribution in [-0.2, 0) is 16.1 Å². The minimum absolute atomic E-state index is 0.00240. The smallest absolute Gasteiger partial charge is 0.317 e. The Bertz CT molecular complexity index is 611. The summed E-state index contributed by atoms with van der Waals surface area (Å²) in [7, 11) is 0. The van der Waals surface area contributed by atoms with E-state index in [1.54, 1.807) is 4.90 Å². The quantitative estimate of drug-likeness (QED) is 0.878. The lowest BCUT2D eigenvalue weighted by Crippen LogP contribution is -2.54. The molecule has 6 heteroatoms. The Labute approximate surface area is 155 Å². The minimum atomic E-state index is -0.149. The summed E-state index contributed by atoms with van der Waals surface area (Å²) in [4.78, 5) is 28.1. The predicted octanol–water partition coefficient (Wildman–Crippen LogP) is 2.31. The van der Waals surface area contributed by atoms with Gasteiger partial charge in [0.25, 0.3) is 0 Å². The summed E-state index contributed by atoms with van der Waals surface area (Å²) in [6.07, 6.45) is 4.52. The number of nitrogens with zero attached hydrogens (tertiary/aromatic N) is 2. The highest BCUT2D eigenvalue weighted by Crippen LogP contribution is 2.15. The molecule has 2 fully saturated rings. The molecule has 0 spiro atoms. The van der Waals surface area contributed by atoms with Crippen molar-refractivity contribution < 1.29 is 14.3 Å². The average Bonchev–Trinajstić information content (AvgIpc) is 2.66. The van der Waals surface area contributed by atoms with Gasteiger partial charge in [-0.3, -0.25) is 4.79 Å². The van der Waals surface area contributed by atoms with Gasteiger partial charge in [-0.1, -0.05) is 29.8 Å². The third-order valence-electron chi connectivity index (χ3n) is 5.12. The Morgan fingerprint density at radius 3 is 2.73 bits per heavy atom. The maximum Gasteiger partial charge on any atom is 0.317 e. The van der Waals surface area contributed by atoms with Crippen LogP contribution in [-0.4, -0.2) is 60.6 Å². The molecule has 1 aromatic rings. The highest BCUT2D eigenvalue weighted by Gasteiger charge is 2.27. The van der Waals surface area contributed by atoms with Gasteiger partial charge in [-0.25, -0.2) is 4.79 Å². The van der Waals surface area contributed by atoms with E-state index in [0.29, 0.717) is 26.2 Å². The number of urea groups is 1. The molecule has 1 aromatic carbocycles. The number of nitrogens with one attached hydrogen (secondary N) is 1. The molecular weight excluding hydrogens is 330 g/mol. The molecule has 0 bridgehead atoms. The summed E-state index contributed by atoms with van der Waals surface area (Å²) in [6.45, 7) is 5.38. The lowest BCUT2D eigenvalue weighted by atomic mass is 10.1. The van der Waals surface area contributed by atoms with E-state index < -0.39 is 0 Å².